The molecule has 0 aromatic heterocycles. The number of amides is 2. The Morgan fingerprint density at radius 2 is 1.70 bits per heavy atom. The third-order valence-corrected chi connectivity index (χ3v) is 6.96. The van der Waals surface area contributed by atoms with Crippen molar-refractivity contribution in [3.63, 3.8) is 0 Å². The van der Waals surface area contributed by atoms with Crippen LogP contribution in [0.25, 0.3) is 0 Å². The maximum absolute atomic E-state index is 13.3. The minimum atomic E-state index is -0.268. The summed E-state index contributed by atoms with van der Waals surface area (Å²) in [6.07, 6.45) is 7.29. The second kappa shape index (κ2) is 12.4. The first-order valence-corrected chi connectivity index (χ1v) is 12.8. The maximum atomic E-state index is 13.3. The molecule has 1 aliphatic carbocycles. The minimum Gasteiger partial charge on any atom is -0.383 e. The van der Waals surface area contributed by atoms with E-state index in [-0.39, 0.29) is 36.0 Å². The number of ether oxygens (including phenoxy) is 1. The van der Waals surface area contributed by atoms with Crippen molar-refractivity contribution in [2.45, 2.75) is 90.9 Å². The highest BCUT2D eigenvalue weighted by Gasteiger charge is 2.31. The molecule has 3 rings (SSSR count). The van der Waals surface area contributed by atoms with Gasteiger partial charge >= 0.3 is 0 Å². The van der Waals surface area contributed by atoms with Crippen molar-refractivity contribution in [2.75, 3.05) is 25.0 Å². The fourth-order valence-electron chi connectivity index (χ4n) is 5.18. The highest BCUT2D eigenvalue weighted by molar-refractivity contribution is 5.86. The van der Waals surface area contributed by atoms with E-state index in [4.69, 9.17) is 4.74 Å². The lowest BCUT2D eigenvalue weighted by Gasteiger charge is -2.36. The van der Waals surface area contributed by atoms with Gasteiger partial charge in [0.25, 0.3) is 0 Å². The summed E-state index contributed by atoms with van der Waals surface area (Å²) in [7, 11) is 0. The van der Waals surface area contributed by atoms with Crippen molar-refractivity contribution in [3.8, 4) is 0 Å². The quantitative estimate of drug-likeness (QED) is 0.572. The van der Waals surface area contributed by atoms with E-state index in [2.05, 4.69) is 41.8 Å². The predicted octanol–water partition coefficient (Wildman–Crippen LogP) is 4.52. The zero-order chi connectivity index (χ0) is 23.8. The summed E-state index contributed by atoms with van der Waals surface area (Å²) in [5.74, 6) is 0.376. The van der Waals surface area contributed by atoms with E-state index in [9.17, 15) is 9.59 Å². The van der Waals surface area contributed by atoms with Gasteiger partial charge in [0.05, 0.1) is 12.2 Å². The lowest BCUT2D eigenvalue weighted by atomic mass is 9.81. The second-order valence-electron chi connectivity index (χ2n) is 10.4. The summed E-state index contributed by atoms with van der Waals surface area (Å²) in [4.78, 5) is 28.3. The molecule has 4 atom stereocenters. The Bertz CT molecular complexity index is 750. The number of hydrogen-bond acceptors (Lipinski definition) is 4. The lowest BCUT2D eigenvalue weighted by Crippen LogP contribution is -2.49. The van der Waals surface area contributed by atoms with Crippen LogP contribution in [0.4, 0.5) is 5.69 Å². The number of nitrogens with zero attached hydrogens (tertiary/aromatic N) is 1. The van der Waals surface area contributed by atoms with Gasteiger partial charge in [0, 0.05) is 43.7 Å². The van der Waals surface area contributed by atoms with Crippen molar-refractivity contribution < 1.29 is 14.3 Å². The third kappa shape index (κ3) is 8.33. The topological polar surface area (TPSA) is 70.7 Å². The van der Waals surface area contributed by atoms with Crippen LogP contribution in [0, 0.1) is 18.8 Å². The molecule has 0 spiro atoms. The largest absolute Gasteiger partial charge is 0.383 e. The van der Waals surface area contributed by atoms with Crippen LogP contribution in [-0.4, -0.2) is 54.6 Å². The van der Waals surface area contributed by atoms with Crippen LogP contribution in [0.3, 0.4) is 0 Å². The van der Waals surface area contributed by atoms with E-state index in [1.165, 1.54) is 37.7 Å². The van der Waals surface area contributed by atoms with E-state index >= 15 is 0 Å². The van der Waals surface area contributed by atoms with Crippen molar-refractivity contribution >= 4 is 17.5 Å². The zero-order valence-corrected chi connectivity index (χ0v) is 20.9. The van der Waals surface area contributed by atoms with Gasteiger partial charge in [0.15, 0.2) is 0 Å². The van der Waals surface area contributed by atoms with E-state index in [1.807, 2.05) is 25.7 Å². The fourth-order valence-corrected chi connectivity index (χ4v) is 5.18. The molecule has 184 valence electrons. The van der Waals surface area contributed by atoms with Gasteiger partial charge in [-0.15, -0.1) is 0 Å². The van der Waals surface area contributed by atoms with Crippen LogP contribution in [0.5, 0.6) is 0 Å². The maximum Gasteiger partial charge on any atom is 0.223 e. The zero-order valence-electron chi connectivity index (χ0n) is 20.9. The summed E-state index contributed by atoms with van der Waals surface area (Å²) in [5.41, 5.74) is 2.27. The molecule has 1 saturated carbocycles. The molecule has 2 N–H and O–H groups in total. The SMILES string of the molecule is Cc1ccc(NC[C@H](C)NC(=O)[C@@H](CC(=O)N2C[C@@H](C)O[C@@H](C)C2)CC2CCCCC2)cc1. The van der Waals surface area contributed by atoms with Crippen LogP contribution in [0.2, 0.25) is 0 Å². The summed E-state index contributed by atoms with van der Waals surface area (Å²) in [6.45, 7) is 9.96. The molecule has 1 aromatic carbocycles. The molecule has 1 heterocycles. The molecule has 2 amide bonds. The van der Waals surface area contributed by atoms with Crippen molar-refractivity contribution in [1.29, 1.82) is 0 Å². The lowest BCUT2D eigenvalue weighted by molar-refractivity contribution is -0.146. The monoisotopic (exact) mass is 457 g/mol. The molecule has 6 nitrogen and oxygen atoms in total. The van der Waals surface area contributed by atoms with Crippen LogP contribution < -0.4 is 10.6 Å². The molecule has 2 aliphatic rings. The number of hydrogen-bond donors (Lipinski definition) is 2. The van der Waals surface area contributed by atoms with E-state index < -0.39 is 0 Å². The number of carbonyl (C=O) groups is 2. The molecule has 0 bridgehead atoms. The number of anilines is 1. The van der Waals surface area contributed by atoms with Gasteiger partial charge in [0.1, 0.15) is 0 Å². The van der Waals surface area contributed by atoms with E-state index in [1.54, 1.807) is 0 Å². The first kappa shape index (κ1) is 25.5. The van der Waals surface area contributed by atoms with E-state index in [0.717, 1.165) is 12.1 Å². The average Bonchev–Trinajstić information content (AvgIpc) is 2.78. The average molecular weight is 458 g/mol. The van der Waals surface area contributed by atoms with Crippen LogP contribution in [0.1, 0.15) is 71.3 Å². The van der Waals surface area contributed by atoms with Crippen molar-refractivity contribution in [1.82, 2.24) is 10.2 Å². The smallest absolute Gasteiger partial charge is 0.223 e. The van der Waals surface area contributed by atoms with Gasteiger partial charge in [-0.1, -0.05) is 49.8 Å². The van der Waals surface area contributed by atoms with Gasteiger partial charge in [-0.2, -0.15) is 0 Å². The van der Waals surface area contributed by atoms with Crippen molar-refractivity contribution in [2.24, 2.45) is 11.8 Å². The standard InChI is InChI=1S/C27H43N3O3/c1-19-10-12-25(13-11-19)28-16-20(2)29-27(32)24(14-23-8-6-5-7-9-23)15-26(31)30-17-21(3)33-22(4)18-30/h10-13,20-24,28H,5-9,14-18H2,1-4H3,(H,29,32)/t20-,21-,22+,24+/m0/s1. The van der Waals surface area contributed by atoms with Gasteiger partial charge in [-0.25, -0.2) is 0 Å². The predicted molar refractivity (Wildman–Crippen MR) is 133 cm³/mol. The fraction of sp³-hybridized carbons (Fsp3) is 0.704. The molecule has 6 heteroatoms. The Hall–Kier alpha value is -2.08. The molecule has 0 radical (unpaired) electrons. The molecule has 0 unspecified atom stereocenters. The Morgan fingerprint density at radius 1 is 1.06 bits per heavy atom. The van der Waals surface area contributed by atoms with Gasteiger partial charge < -0.3 is 20.3 Å². The van der Waals surface area contributed by atoms with Crippen LogP contribution in [-0.2, 0) is 14.3 Å². The Labute approximate surface area is 199 Å². The summed E-state index contributed by atoms with van der Waals surface area (Å²) in [6, 6.07) is 8.23. The number of benzene rings is 1. The molecule has 2 fully saturated rings. The minimum absolute atomic E-state index is 0.0153. The molecule has 1 aromatic rings. The van der Waals surface area contributed by atoms with E-state index in [0.29, 0.717) is 32.0 Å². The number of aryl methyl sites for hydroxylation is 1. The molecular weight excluding hydrogens is 414 g/mol. The normalized spacial score (nSPS) is 23.6. The number of carbonyl (C=O) groups excluding carboxylic acids is 2. The third-order valence-electron chi connectivity index (χ3n) is 6.96. The first-order valence-electron chi connectivity index (χ1n) is 12.8. The second-order valence-corrected chi connectivity index (χ2v) is 10.4. The molecule has 33 heavy (non-hydrogen) atoms. The summed E-state index contributed by atoms with van der Waals surface area (Å²) < 4.78 is 5.78. The number of nitrogens with one attached hydrogen (secondary N) is 2. The Kier molecular flexibility index (Phi) is 9.60. The van der Waals surface area contributed by atoms with Crippen LogP contribution in [0.15, 0.2) is 24.3 Å². The number of morpholine rings is 1. The molecular formula is C27H43N3O3. The molecule has 1 aliphatic heterocycles. The van der Waals surface area contributed by atoms with Gasteiger partial charge in [-0.3, -0.25) is 9.59 Å². The summed E-state index contributed by atoms with van der Waals surface area (Å²) >= 11 is 0. The Balaban J connectivity index is 1.57. The van der Waals surface area contributed by atoms with Crippen molar-refractivity contribution in [3.05, 3.63) is 29.8 Å². The highest BCUT2D eigenvalue weighted by atomic mass is 16.5. The van der Waals surface area contributed by atoms with Gasteiger partial charge in [-0.05, 0) is 52.2 Å². The number of rotatable bonds is 9. The first-order chi connectivity index (χ1) is 15.8. The Morgan fingerprint density at radius 3 is 2.33 bits per heavy atom. The molecule has 1 saturated heterocycles. The highest BCUT2D eigenvalue weighted by Crippen LogP contribution is 2.31. The summed E-state index contributed by atoms with van der Waals surface area (Å²) in [5, 5.41) is 6.58. The van der Waals surface area contributed by atoms with Gasteiger partial charge in [0.2, 0.25) is 11.8 Å². The van der Waals surface area contributed by atoms with Crippen LogP contribution >= 0.6 is 0 Å².